The molecule has 2 rings (SSSR count). The predicted molar refractivity (Wildman–Crippen MR) is 68.7 cm³/mol. The summed E-state index contributed by atoms with van der Waals surface area (Å²) in [4.78, 5) is 7.17. The molecular formula is C13H23N3. The fraction of sp³-hybridized carbons (Fsp3) is 0.769. The number of rotatable bonds is 3. The van der Waals surface area contributed by atoms with Crippen molar-refractivity contribution in [2.75, 3.05) is 20.1 Å². The Hall–Kier alpha value is -0.830. The van der Waals surface area contributed by atoms with E-state index in [1.54, 1.807) is 0 Å². The van der Waals surface area contributed by atoms with Crippen LogP contribution < -0.4 is 5.32 Å². The molecule has 0 aliphatic carbocycles. The monoisotopic (exact) mass is 221 g/mol. The molecule has 0 aromatic rings. The lowest BCUT2D eigenvalue weighted by molar-refractivity contribution is 0.347. The van der Waals surface area contributed by atoms with Crippen LogP contribution in [-0.4, -0.2) is 36.4 Å². The molecule has 0 bridgehead atoms. The molecule has 1 unspecified atom stereocenters. The largest absolute Gasteiger partial charge is 0.335 e. The summed E-state index contributed by atoms with van der Waals surface area (Å²) in [7, 11) is 2.11. The number of nitrogens with zero attached hydrogens (tertiary/aromatic N) is 2. The van der Waals surface area contributed by atoms with Crippen LogP contribution in [0.15, 0.2) is 17.3 Å². The average Bonchev–Trinajstić information content (AvgIpc) is 2.53. The third-order valence-electron chi connectivity index (χ3n) is 3.79. The van der Waals surface area contributed by atoms with Crippen molar-refractivity contribution in [3.05, 3.63) is 12.3 Å². The van der Waals surface area contributed by atoms with Gasteiger partial charge in [-0.1, -0.05) is 19.9 Å². The number of likely N-dealkylation sites (N-methyl/N-ethyl adjacent to an activating group) is 1. The Balaban J connectivity index is 2.14. The first kappa shape index (κ1) is 11.6. The first-order chi connectivity index (χ1) is 7.69. The Labute approximate surface area is 98.6 Å². The van der Waals surface area contributed by atoms with E-state index in [0.29, 0.717) is 0 Å². The summed E-state index contributed by atoms with van der Waals surface area (Å²) in [5.41, 5.74) is 1.17. The highest BCUT2D eigenvalue weighted by Crippen LogP contribution is 2.36. The van der Waals surface area contributed by atoms with E-state index in [0.717, 1.165) is 25.9 Å². The molecule has 0 radical (unpaired) electrons. The number of piperidine rings is 1. The van der Waals surface area contributed by atoms with Crippen molar-refractivity contribution in [2.45, 2.75) is 44.6 Å². The van der Waals surface area contributed by atoms with E-state index in [1.165, 1.54) is 30.8 Å². The van der Waals surface area contributed by atoms with E-state index < -0.39 is 0 Å². The molecule has 0 amide bonds. The molecule has 0 saturated carbocycles. The van der Waals surface area contributed by atoms with Gasteiger partial charge in [-0.05, 0) is 25.8 Å². The van der Waals surface area contributed by atoms with E-state index in [9.17, 15) is 0 Å². The third kappa shape index (κ3) is 1.88. The lowest BCUT2D eigenvalue weighted by atomic mass is 9.88. The molecule has 90 valence electrons. The molecular weight excluding hydrogens is 198 g/mol. The first-order valence-electron chi connectivity index (χ1n) is 6.42. The molecule has 1 spiro atoms. The lowest BCUT2D eigenvalue weighted by Gasteiger charge is -2.33. The van der Waals surface area contributed by atoms with Crippen LogP contribution in [0.4, 0.5) is 0 Å². The van der Waals surface area contributed by atoms with Crippen LogP contribution in [0.1, 0.15) is 39.0 Å². The first-order valence-corrected chi connectivity index (χ1v) is 6.42. The summed E-state index contributed by atoms with van der Waals surface area (Å²) < 4.78 is 0. The standard InChI is InChI=1S/C13H23N3/c1-4-5-7-12-15-13(11(2)16(12)3)8-6-9-14-10-13/h14H,2,4-10H2,1,3H3. The van der Waals surface area contributed by atoms with Crippen molar-refractivity contribution in [3.8, 4) is 0 Å². The van der Waals surface area contributed by atoms with Gasteiger partial charge in [0.2, 0.25) is 0 Å². The molecule has 2 aliphatic heterocycles. The van der Waals surface area contributed by atoms with Gasteiger partial charge in [-0.3, -0.25) is 4.99 Å². The van der Waals surface area contributed by atoms with E-state index >= 15 is 0 Å². The molecule has 0 aromatic heterocycles. The van der Waals surface area contributed by atoms with E-state index in [4.69, 9.17) is 4.99 Å². The summed E-state index contributed by atoms with van der Waals surface area (Å²) in [6.07, 6.45) is 5.90. The van der Waals surface area contributed by atoms with Crippen molar-refractivity contribution in [3.63, 3.8) is 0 Å². The van der Waals surface area contributed by atoms with E-state index in [2.05, 4.69) is 30.8 Å². The van der Waals surface area contributed by atoms with E-state index in [-0.39, 0.29) is 5.54 Å². The maximum Gasteiger partial charge on any atom is 0.114 e. The summed E-state index contributed by atoms with van der Waals surface area (Å²) in [5.74, 6) is 1.23. The van der Waals surface area contributed by atoms with Gasteiger partial charge in [-0.15, -0.1) is 0 Å². The Morgan fingerprint density at radius 1 is 1.56 bits per heavy atom. The van der Waals surface area contributed by atoms with Crippen molar-refractivity contribution in [1.29, 1.82) is 0 Å². The molecule has 3 heteroatoms. The number of hydrogen-bond donors (Lipinski definition) is 1. The summed E-state index contributed by atoms with van der Waals surface area (Å²) >= 11 is 0. The van der Waals surface area contributed by atoms with Gasteiger partial charge >= 0.3 is 0 Å². The van der Waals surface area contributed by atoms with Gasteiger partial charge in [0, 0.05) is 25.7 Å². The fourth-order valence-electron chi connectivity index (χ4n) is 2.64. The van der Waals surface area contributed by atoms with Crippen LogP contribution in [0.5, 0.6) is 0 Å². The van der Waals surface area contributed by atoms with Gasteiger partial charge in [0.25, 0.3) is 0 Å². The number of amidine groups is 1. The van der Waals surface area contributed by atoms with Crippen molar-refractivity contribution < 1.29 is 0 Å². The van der Waals surface area contributed by atoms with Gasteiger partial charge < -0.3 is 10.2 Å². The van der Waals surface area contributed by atoms with E-state index in [1.807, 2.05) is 0 Å². The van der Waals surface area contributed by atoms with Gasteiger partial charge in [0.1, 0.15) is 11.4 Å². The molecule has 1 saturated heterocycles. The molecule has 1 fully saturated rings. The van der Waals surface area contributed by atoms with Crippen LogP contribution in [0.3, 0.4) is 0 Å². The van der Waals surface area contributed by atoms with Crippen LogP contribution >= 0.6 is 0 Å². The molecule has 0 aromatic carbocycles. The average molecular weight is 221 g/mol. The number of hydrogen-bond acceptors (Lipinski definition) is 3. The minimum absolute atomic E-state index is 0.0178. The van der Waals surface area contributed by atoms with Crippen LogP contribution in [0, 0.1) is 0 Å². The molecule has 3 nitrogen and oxygen atoms in total. The van der Waals surface area contributed by atoms with Crippen molar-refractivity contribution >= 4 is 5.84 Å². The molecule has 2 aliphatic rings. The smallest absolute Gasteiger partial charge is 0.114 e. The highest BCUT2D eigenvalue weighted by Gasteiger charge is 2.42. The minimum atomic E-state index is -0.0178. The SMILES string of the molecule is C=C1N(C)C(CCCC)=NC12CCCNC2. The predicted octanol–water partition coefficient (Wildman–Crippen LogP) is 2.16. The van der Waals surface area contributed by atoms with Gasteiger partial charge in [-0.2, -0.15) is 0 Å². The number of aliphatic imine (C=N–C) groups is 1. The van der Waals surface area contributed by atoms with Gasteiger partial charge in [0.15, 0.2) is 0 Å². The number of unbranched alkanes of at least 4 members (excludes halogenated alkanes) is 1. The van der Waals surface area contributed by atoms with Crippen LogP contribution in [0.2, 0.25) is 0 Å². The minimum Gasteiger partial charge on any atom is -0.335 e. The third-order valence-corrected chi connectivity index (χ3v) is 3.79. The second kappa shape index (κ2) is 4.58. The van der Waals surface area contributed by atoms with Crippen LogP contribution in [0.25, 0.3) is 0 Å². The maximum atomic E-state index is 4.96. The second-order valence-electron chi connectivity index (χ2n) is 4.95. The molecule has 2 heterocycles. The zero-order chi connectivity index (χ0) is 11.6. The summed E-state index contributed by atoms with van der Waals surface area (Å²) in [6, 6.07) is 0. The Bertz CT molecular complexity index is 300. The van der Waals surface area contributed by atoms with Gasteiger partial charge in [-0.25, -0.2) is 0 Å². The maximum absolute atomic E-state index is 4.96. The molecule has 1 N–H and O–H groups in total. The van der Waals surface area contributed by atoms with Crippen LogP contribution in [-0.2, 0) is 0 Å². The summed E-state index contributed by atoms with van der Waals surface area (Å²) in [6.45, 7) is 8.55. The Morgan fingerprint density at radius 3 is 3.00 bits per heavy atom. The summed E-state index contributed by atoms with van der Waals surface area (Å²) in [5, 5.41) is 3.45. The van der Waals surface area contributed by atoms with Gasteiger partial charge in [0.05, 0.1) is 0 Å². The van der Waals surface area contributed by atoms with Crippen molar-refractivity contribution in [2.24, 2.45) is 4.99 Å². The quantitative estimate of drug-likeness (QED) is 0.791. The van der Waals surface area contributed by atoms with Crippen molar-refractivity contribution in [1.82, 2.24) is 10.2 Å². The Morgan fingerprint density at radius 2 is 2.38 bits per heavy atom. The topological polar surface area (TPSA) is 27.6 Å². The Kier molecular flexibility index (Phi) is 3.33. The molecule has 1 atom stereocenters. The second-order valence-corrected chi connectivity index (χ2v) is 4.95. The zero-order valence-corrected chi connectivity index (χ0v) is 10.6. The highest BCUT2D eigenvalue weighted by molar-refractivity contribution is 5.87. The fourth-order valence-corrected chi connectivity index (χ4v) is 2.64. The zero-order valence-electron chi connectivity index (χ0n) is 10.6. The lowest BCUT2D eigenvalue weighted by Crippen LogP contribution is -2.45. The number of nitrogens with one attached hydrogen (secondary N) is 1. The normalized spacial score (nSPS) is 30.0. The highest BCUT2D eigenvalue weighted by atomic mass is 15.3. The molecule has 16 heavy (non-hydrogen) atoms.